The van der Waals surface area contributed by atoms with Crippen LogP contribution in [-0.4, -0.2) is 28.8 Å². The summed E-state index contributed by atoms with van der Waals surface area (Å²) < 4.78 is 13.6. The Kier molecular flexibility index (Phi) is 11.6. The fourth-order valence-electron chi connectivity index (χ4n) is 5.07. The molecular weight excluding hydrogens is 604 g/mol. The molecule has 1 aliphatic heterocycles. The molecule has 1 aromatic heterocycles. The number of amides is 2. The number of carbonyl (C=O) groups is 2. The number of anilines is 3. The Balaban J connectivity index is 1.14. The summed E-state index contributed by atoms with van der Waals surface area (Å²) in [4.78, 5) is 24.8. The van der Waals surface area contributed by atoms with Crippen LogP contribution in [-0.2, 0) is 25.7 Å². The van der Waals surface area contributed by atoms with E-state index in [0.717, 1.165) is 21.4 Å². The van der Waals surface area contributed by atoms with Gasteiger partial charge in [-0.3, -0.25) is 9.59 Å². The number of aromatic nitrogens is 1. The van der Waals surface area contributed by atoms with Gasteiger partial charge in [0.15, 0.2) is 12.5 Å². The largest absolute Gasteiger partial charge is 0.618 e. The Morgan fingerprint density at radius 2 is 1.54 bits per heavy atom. The maximum Gasteiger partial charge on any atom is 0.251 e. The van der Waals surface area contributed by atoms with Crippen LogP contribution in [0, 0.1) is 5.21 Å². The van der Waals surface area contributed by atoms with Crippen molar-refractivity contribution in [3.8, 4) is 0 Å². The maximum absolute atomic E-state index is 12.6. The van der Waals surface area contributed by atoms with E-state index >= 15 is 0 Å². The molecule has 3 aromatic carbocycles. The van der Waals surface area contributed by atoms with Crippen LogP contribution in [0.1, 0.15) is 61.2 Å². The number of nitrogens with two attached hydrogens (primary N) is 1. The number of rotatable bonds is 13. The highest BCUT2D eigenvalue weighted by atomic mass is 32.2. The molecule has 0 saturated carbocycles. The third-order valence-corrected chi connectivity index (χ3v) is 8.73. The summed E-state index contributed by atoms with van der Waals surface area (Å²) >= 11 is 1.44. The van der Waals surface area contributed by atoms with E-state index in [1.807, 2.05) is 60.7 Å². The molecule has 3 atom stereocenters. The SMILES string of the molecule is Nc1ccccc1NC(=O)CCCCC(=O)Nc1ccc([C@H]2O[C@@H](CSc3cccc[n+]3[O-])C[C@@H](c3ccc(CO)cc3)O2)cc1. The second-order valence-electron chi connectivity index (χ2n) is 11.0. The Morgan fingerprint density at radius 1 is 0.870 bits per heavy atom. The molecule has 0 spiro atoms. The highest BCUT2D eigenvalue weighted by Gasteiger charge is 2.32. The number of nitrogens with one attached hydrogen (secondary N) is 2. The fraction of sp³-hybridized carbons (Fsp3) is 0.286. The predicted molar refractivity (Wildman–Crippen MR) is 178 cm³/mol. The summed E-state index contributed by atoms with van der Waals surface area (Å²) in [5.41, 5.74) is 10.2. The molecule has 1 aliphatic rings. The van der Waals surface area contributed by atoms with Crippen LogP contribution in [0.25, 0.3) is 0 Å². The summed E-state index contributed by atoms with van der Waals surface area (Å²) in [6.07, 6.45) is 2.71. The van der Waals surface area contributed by atoms with Gasteiger partial charge in [-0.1, -0.05) is 60.3 Å². The number of nitrogen functional groups attached to an aromatic ring is 1. The van der Waals surface area contributed by atoms with Crippen molar-refractivity contribution in [1.82, 2.24) is 0 Å². The molecule has 0 aliphatic carbocycles. The lowest BCUT2D eigenvalue weighted by Crippen LogP contribution is -2.32. The zero-order valence-corrected chi connectivity index (χ0v) is 26.2. The highest BCUT2D eigenvalue weighted by Crippen LogP contribution is 2.39. The molecule has 1 saturated heterocycles. The molecule has 0 bridgehead atoms. The lowest BCUT2D eigenvalue weighted by Gasteiger charge is -2.36. The average Bonchev–Trinajstić information content (AvgIpc) is 3.07. The lowest BCUT2D eigenvalue weighted by atomic mass is 10.0. The molecule has 4 aromatic rings. The van der Waals surface area contributed by atoms with Gasteiger partial charge in [-0.05, 0) is 54.3 Å². The van der Waals surface area contributed by atoms with E-state index in [1.54, 1.807) is 30.3 Å². The van der Waals surface area contributed by atoms with Gasteiger partial charge in [-0.25, -0.2) is 0 Å². The van der Waals surface area contributed by atoms with E-state index in [9.17, 15) is 19.9 Å². The fourth-order valence-corrected chi connectivity index (χ4v) is 6.00. The van der Waals surface area contributed by atoms with Gasteiger partial charge >= 0.3 is 0 Å². The molecule has 5 N–H and O–H groups in total. The lowest BCUT2D eigenvalue weighted by molar-refractivity contribution is -0.645. The number of hydrogen-bond acceptors (Lipinski definition) is 8. The van der Waals surface area contributed by atoms with Crippen LogP contribution in [0.15, 0.2) is 102 Å². The number of aliphatic hydroxyl groups is 1. The number of ether oxygens (including phenoxy) is 2. The quantitative estimate of drug-likeness (QED) is 0.0465. The van der Waals surface area contributed by atoms with E-state index in [4.69, 9.17) is 15.2 Å². The van der Waals surface area contributed by atoms with Crippen LogP contribution in [0.5, 0.6) is 0 Å². The Bertz CT molecular complexity index is 1600. The monoisotopic (exact) mass is 642 g/mol. The zero-order chi connectivity index (χ0) is 32.3. The molecule has 240 valence electrons. The van der Waals surface area contributed by atoms with E-state index < -0.39 is 6.29 Å². The summed E-state index contributed by atoms with van der Waals surface area (Å²) in [5.74, 6) is 0.291. The van der Waals surface area contributed by atoms with Crippen LogP contribution < -0.4 is 21.1 Å². The first-order valence-electron chi connectivity index (χ1n) is 15.2. The molecule has 0 radical (unpaired) electrons. The number of unbranched alkanes of at least 4 members (excludes halogenated alkanes) is 1. The van der Waals surface area contributed by atoms with Crippen molar-refractivity contribution in [3.05, 3.63) is 119 Å². The normalized spacial score (nSPS) is 17.7. The molecule has 2 heterocycles. The van der Waals surface area contributed by atoms with Gasteiger partial charge in [0.25, 0.3) is 5.03 Å². The van der Waals surface area contributed by atoms with Crippen molar-refractivity contribution in [3.63, 3.8) is 0 Å². The van der Waals surface area contributed by atoms with Gasteiger partial charge < -0.3 is 36.2 Å². The number of para-hydroxylation sites is 2. The Morgan fingerprint density at radius 3 is 2.24 bits per heavy atom. The van der Waals surface area contributed by atoms with Gasteiger partial charge in [0.05, 0.1) is 30.2 Å². The average molecular weight is 643 g/mol. The molecule has 0 unspecified atom stereocenters. The van der Waals surface area contributed by atoms with E-state index in [0.29, 0.717) is 53.5 Å². The van der Waals surface area contributed by atoms with Gasteiger partial charge in [0, 0.05) is 48.4 Å². The number of carbonyl (C=O) groups excluding carboxylic acids is 2. The van der Waals surface area contributed by atoms with Gasteiger partial charge in [-0.15, -0.1) is 0 Å². The van der Waals surface area contributed by atoms with Gasteiger partial charge in [0.2, 0.25) is 11.8 Å². The molecule has 2 amide bonds. The van der Waals surface area contributed by atoms with Crippen molar-refractivity contribution in [2.24, 2.45) is 0 Å². The van der Waals surface area contributed by atoms with Crippen LogP contribution in [0.2, 0.25) is 0 Å². The molecule has 1 fully saturated rings. The minimum atomic E-state index is -0.654. The first-order valence-corrected chi connectivity index (χ1v) is 16.2. The van der Waals surface area contributed by atoms with E-state index in [-0.39, 0.29) is 37.0 Å². The summed E-state index contributed by atoms with van der Waals surface area (Å²) in [6.45, 7) is -0.0339. The Labute approximate surface area is 272 Å². The number of hydrogen-bond donors (Lipinski definition) is 4. The number of pyridine rings is 1. The first kappa shape index (κ1) is 33.0. The number of thioether (sulfide) groups is 1. The molecule has 5 rings (SSSR count). The van der Waals surface area contributed by atoms with Crippen molar-refractivity contribution < 1.29 is 28.9 Å². The maximum atomic E-state index is 12.6. The minimum Gasteiger partial charge on any atom is -0.618 e. The second-order valence-corrected chi connectivity index (χ2v) is 12.1. The third-order valence-electron chi connectivity index (χ3n) is 7.58. The summed E-state index contributed by atoms with van der Waals surface area (Å²) in [6, 6.07) is 27.4. The molecule has 11 heteroatoms. The summed E-state index contributed by atoms with van der Waals surface area (Å²) in [5, 5.41) is 27.9. The topological polar surface area (TPSA) is 150 Å². The van der Waals surface area contributed by atoms with Crippen molar-refractivity contribution in [2.45, 2.75) is 62.2 Å². The highest BCUT2D eigenvalue weighted by molar-refractivity contribution is 7.99. The predicted octanol–water partition coefficient (Wildman–Crippen LogP) is 5.87. The van der Waals surface area contributed by atoms with Gasteiger partial charge in [-0.2, -0.15) is 4.73 Å². The van der Waals surface area contributed by atoms with Gasteiger partial charge in [0.1, 0.15) is 0 Å². The minimum absolute atomic E-state index is 0.0339. The van der Waals surface area contributed by atoms with Crippen molar-refractivity contribution >= 4 is 40.6 Å². The Hall–Kier alpha value is -4.42. The molecule has 46 heavy (non-hydrogen) atoms. The third kappa shape index (κ3) is 9.30. The smallest absolute Gasteiger partial charge is 0.251 e. The summed E-state index contributed by atoms with van der Waals surface area (Å²) in [7, 11) is 0. The van der Waals surface area contributed by atoms with Crippen molar-refractivity contribution in [2.75, 3.05) is 22.1 Å². The van der Waals surface area contributed by atoms with Crippen LogP contribution in [0.3, 0.4) is 0 Å². The molecular formula is C35H38N4O6S. The number of aliphatic hydroxyl groups excluding tert-OH is 1. The zero-order valence-electron chi connectivity index (χ0n) is 25.3. The van der Waals surface area contributed by atoms with Crippen LogP contribution >= 0.6 is 11.8 Å². The van der Waals surface area contributed by atoms with E-state index in [2.05, 4.69) is 10.6 Å². The molecule has 10 nitrogen and oxygen atoms in total. The first-order chi connectivity index (χ1) is 22.4. The van der Waals surface area contributed by atoms with Crippen LogP contribution in [0.4, 0.5) is 17.1 Å². The van der Waals surface area contributed by atoms with Crippen molar-refractivity contribution in [1.29, 1.82) is 0 Å². The number of nitrogens with zero attached hydrogens (tertiary/aromatic N) is 1. The second kappa shape index (κ2) is 16.2. The standard InChI is InChI=1S/C35H38N4O6S/c36-29-7-1-2-8-30(29)38-33(42)10-4-3-9-32(41)37-27-18-16-26(17-19-27)35-44-28(23-46-34-11-5-6-20-39(34)43)21-31(45-35)25-14-12-24(22-40)13-15-25/h1-2,5-8,11-20,28,31,35,40H,3-4,9-10,21-23,36H2,(H,37,41)(H,38,42)/t28-,31+,35+/m1/s1. The number of benzene rings is 3. The van der Waals surface area contributed by atoms with E-state index in [1.165, 1.54) is 18.0 Å².